The van der Waals surface area contributed by atoms with Crippen LogP contribution in [-0.2, 0) is 19.4 Å². The fourth-order valence-electron chi connectivity index (χ4n) is 0.512. The van der Waals surface area contributed by atoms with Crippen molar-refractivity contribution in [1.29, 1.82) is 0 Å². The summed E-state index contributed by atoms with van der Waals surface area (Å²) in [7, 11) is -3.38. The molecule has 11 heavy (non-hydrogen) atoms. The third kappa shape index (κ3) is 6.98. The van der Waals surface area contributed by atoms with Gasteiger partial charge in [-0.15, -0.1) is 0 Å². The van der Waals surface area contributed by atoms with Gasteiger partial charge in [0.1, 0.15) is 12.2 Å². The third-order valence-electron chi connectivity index (χ3n) is 0.772. The molecule has 0 heterocycles. The zero-order valence-corrected chi connectivity index (χ0v) is 6.72. The van der Waals surface area contributed by atoms with Gasteiger partial charge >= 0.3 is 5.97 Å². The summed E-state index contributed by atoms with van der Waals surface area (Å²) in [6.45, 7) is 0. The number of aliphatic carboxylic acids is 1. The summed E-state index contributed by atoms with van der Waals surface area (Å²) in [5, 5.41) is 8.07. The van der Waals surface area contributed by atoms with Crippen molar-refractivity contribution in [2.75, 3.05) is 12.0 Å². The van der Waals surface area contributed by atoms with Crippen molar-refractivity contribution in [3.63, 3.8) is 0 Å². The minimum atomic E-state index is -3.38. The lowest BCUT2D eigenvalue weighted by Crippen LogP contribution is -2.17. The van der Waals surface area contributed by atoms with Gasteiger partial charge in [0.2, 0.25) is 0 Å². The van der Waals surface area contributed by atoms with Crippen LogP contribution in [0, 0.1) is 0 Å². The molecule has 0 aliphatic rings. The lowest BCUT2D eigenvalue weighted by atomic mass is 10.3. The second kappa shape index (κ2) is 3.47. The molecule has 0 unspecified atom stereocenters. The highest BCUT2D eigenvalue weighted by Gasteiger charge is 2.13. The summed E-state index contributed by atoms with van der Waals surface area (Å²) in [4.78, 5) is 20.4. The van der Waals surface area contributed by atoms with Gasteiger partial charge in [-0.05, 0) is 0 Å². The van der Waals surface area contributed by atoms with Gasteiger partial charge in [0.05, 0.1) is 0 Å². The van der Waals surface area contributed by atoms with E-state index in [1.807, 2.05) is 0 Å². The van der Waals surface area contributed by atoms with E-state index in [2.05, 4.69) is 0 Å². The molecular formula is C5H8O5S. The molecule has 0 saturated heterocycles. The minimum Gasteiger partial charge on any atom is -0.481 e. The number of carboxylic acid groups (broad SMARTS) is 1. The van der Waals surface area contributed by atoms with Crippen molar-refractivity contribution in [2.45, 2.75) is 6.42 Å². The molecular weight excluding hydrogens is 172 g/mol. The highest BCUT2D eigenvalue weighted by Crippen LogP contribution is 1.89. The first-order valence-electron chi connectivity index (χ1n) is 2.72. The summed E-state index contributed by atoms with van der Waals surface area (Å²) in [6, 6.07) is 0. The number of carbonyl (C=O) groups excluding carboxylic acids is 1. The molecule has 5 nitrogen and oxygen atoms in total. The zero-order chi connectivity index (χ0) is 9.07. The van der Waals surface area contributed by atoms with Gasteiger partial charge in [-0.3, -0.25) is 9.59 Å². The number of sulfone groups is 1. The van der Waals surface area contributed by atoms with Crippen LogP contribution in [-0.4, -0.2) is 37.3 Å². The molecule has 0 rings (SSSR count). The smallest absolute Gasteiger partial charge is 0.310 e. The second-order valence-corrected chi connectivity index (χ2v) is 4.32. The largest absolute Gasteiger partial charge is 0.481 e. The fraction of sp³-hybridized carbons (Fsp3) is 0.600. The van der Waals surface area contributed by atoms with Crippen molar-refractivity contribution in [3.8, 4) is 0 Å². The van der Waals surface area contributed by atoms with Crippen LogP contribution < -0.4 is 0 Å². The Morgan fingerprint density at radius 1 is 1.36 bits per heavy atom. The average Bonchev–Trinajstić information content (AvgIpc) is 1.53. The van der Waals surface area contributed by atoms with Crippen LogP contribution in [0.25, 0.3) is 0 Å². The minimum absolute atomic E-state index is 0.695. The van der Waals surface area contributed by atoms with Gasteiger partial charge in [-0.25, -0.2) is 8.42 Å². The number of rotatable bonds is 4. The molecule has 0 aromatic rings. The number of carbonyl (C=O) groups is 2. The molecule has 0 radical (unpaired) electrons. The fourth-order valence-corrected chi connectivity index (χ4v) is 1.20. The summed E-state index contributed by atoms with van der Waals surface area (Å²) in [5.41, 5.74) is 0. The van der Waals surface area contributed by atoms with E-state index in [9.17, 15) is 18.0 Å². The SMILES string of the molecule is CS(=O)(=O)CC(=O)CC(=O)O. The molecule has 0 aliphatic carbocycles. The van der Waals surface area contributed by atoms with Crippen molar-refractivity contribution in [3.05, 3.63) is 0 Å². The Hall–Kier alpha value is -0.910. The average molecular weight is 180 g/mol. The predicted molar refractivity (Wildman–Crippen MR) is 37.0 cm³/mol. The monoisotopic (exact) mass is 180 g/mol. The third-order valence-corrected chi connectivity index (χ3v) is 1.62. The Morgan fingerprint density at radius 3 is 2.09 bits per heavy atom. The quantitative estimate of drug-likeness (QED) is 0.565. The van der Waals surface area contributed by atoms with E-state index in [0.717, 1.165) is 6.26 Å². The van der Waals surface area contributed by atoms with Gasteiger partial charge < -0.3 is 5.11 Å². The number of hydrogen-bond acceptors (Lipinski definition) is 4. The lowest BCUT2D eigenvalue weighted by molar-refractivity contribution is -0.139. The molecule has 0 aliphatic heterocycles. The molecule has 0 bridgehead atoms. The van der Waals surface area contributed by atoms with Crippen LogP contribution in [0.2, 0.25) is 0 Å². The van der Waals surface area contributed by atoms with Crippen LogP contribution in [0.15, 0.2) is 0 Å². The maximum absolute atomic E-state index is 10.5. The van der Waals surface area contributed by atoms with E-state index >= 15 is 0 Å². The van der Waals surface area contributed by atoms with Crippen LogP contribution in [0.5, 0.6) is 0 Å². The van der Waals surface area contributed by atoms with Crippen LogP contribution in [0.1, 0.15) is 6.42 Å². The van der Waals surface area contributed by atoms with Crippen LogP contribution in [0.3, 0.4) is 0 Å². The summed E-state index contributed by atoms with van der Waals surface area (Å²) in [6.07, 6.45) is 0.153. The van der Waals surface area contributed by atoms with E-state index in [1.54, 1.807) is 0 Å². The Bertz CT molecular complexity index is 263. The molecule has 6 heteroatoms. The molecule has 1 N–H and O–H groups in total. The molecule has 0 aromatic heterocycles. The topological polar surface area (TPSA) is 88.5 Å². The molecule has 0 saturated carbocycles. The van der Waals surface area contributed by atoms with E-state index in [0.29, 0.717) is 0 Å². The van der Waals surface area contributed by atoms with Crippen LogP contribution >= 0.6 is 0 Å². The molecule has 0 aromatic carbocycles. The standard InChI is InChI=1S/C5H8O5S/c1-11(9,10)3-4(6)2-5(7)8/h2-3H2,1H3,(H,7,8). The summed E-state index contributed by atoms with van der Waals surface area (Å²) >= 11 is 0. The van der Waals surface area contributed by atoms with Gasteiger partial charge in [0.15, 0.2) is 15.6 Å². The number of Topliss-reactive ketones (excluding diaryl/α,β-unsaturated/α-hetero) is 1. The Kier molecular flexibility index (Phi) is 3.18. The van der Waals surface area contributed by atoms with E-state index in [-0.39, 0.29) is 0 Å². The Labute approximate surface area is 63.9 Å². The maximum Gasteiger partial charge on any atom is 0.310 e. The lowest BCUT2D eigenvalue weighted by Gasteiger charge is -1.93. The molecule has 0 spiro atoms. The Morgan fingerprint density at radius 2 is 1.82 bits per heavy atom. The first-order chi connectivity index (χ1) is 4.81. The molecule has 0 amide bonds. The van der Waals surface area contributed by atoms with Crippen molar-refractivity contribution < 1.29 is 23.1 Å². The zero-order valence-electron chi connectivity index (χ0n) is 5.90. The number of hydrogen-bond donors (Lipinski definition) is 1. The van der Waals surface area contributed by atoms with Gasteiger partial charge in [-0.2, -0.15) is 0 Å². The highest BCUT2D eigenvalue weighted by molar-refractivity contribution is 7.91. The van der Waals surface area contributed by atoms with E-state index in [4.69, 9.17) is 5.11 Å². The first-order valence-corrected chi connectivity index (χ1v) is 4.78. The van der Waals surface area contributed by atoms with E-state index in [1.165, 1.54) is 0 Å². The van der Waals surface area contributed by atoms with Crippen molar-refractivity contribution in [1.82, 2.24) is 0 Å². The van der Waals surface area contributed by atoms with E-state index < -0.39 is 33.8 Å². The van der Waals surface area contributed by atoms with Crippen molar-refractivity contribution >= 4 is 21.6 Å². The molecule has 0 fully saturated rings. The molecule has 64 valence electrons. The molecule has 0 atom stereocenters. The highest BCUT2D eigenvalue weighted by atomic mass is 32.2. The normalized spacial score (nSPS) is 11.0. The maximum atomic E-state index is 10.5. The summed E-state index contributed by atoms with van der Waals surface area (Å²) < 4.78 is 20.8. The summed E-state index contributed by atoms with van der Waals surface area (Å²) in [5.74, 6) is -2.79. The Balaban J connectivity index is 4.01. The number of ketones is 1. The van der Waals surface area contributed by atoms with Crippen molar-refractivity contribution in [2.24, 2.45) is 0 Å². The van der Waals surface area contributed by atoms with Gasteiger partial charge in [0, 0.05) is 6.26 Å². The number of carboxylic acids is 1. The first kappa shape index (κ1) is 10.1. The van der Waals surface area contributed by atoms with Gasteiger partial charge in [-0.1, -0.05) is 0 Å². The second-order valence-electron chi connectivity index (χ2n) is 2.18. The van der Waals surface area contributed by atoms with Gasteiger partial charge in [0.25, 0.3) is 0 Å². The predicted octanol–water partition coefficient (Wildman–Crippen LogP) is -0.925. The van der Waals surface area contributed by atoms with Crippen LogP contribution in [0.4, 0.5) is 0 Å².